The molecule has 3 N–H and O–H groups in total. The number of rotatable bonds is 2. The van der Waals surface area contributed by atoms with Crippen LogP contribution < -0.4 is 5.73 Å². The molecule has 0 aliphatic carbocycles. The van der Waals surface area contributed by atoms with Crippen molar-refractivity contribution in [2.45, 2.75) is 12.1 Å². The molecule has 0 amide bonds. The minimum atomic E-state index is -0.305. The second-order valence-electron chi connectivity index (χ2n) is 2.33. The zero-order chi connectivity index (χ0) is 7.40. The maximum atomic E-state index is 8.63. The van der Waals surface area contributed by atoms with E-state index in [-0.39, 0.29) is 18.8 Å². The summed E-state index contributed by atoms with van der Waals surface area (Å²) in [6.07, 6.45) is -0.126. The van der Waals surface area contributed by atoms with Crippen LogP contribution in [0.2, 0.25) is 0 Å². The fourth-order valence-corrected chi connectivity index (χ4v) is 0.871. The van der Waals surface area contributed by atoms with Gasteiger partial charge in [-0.25, -0.2) is 0 Å². The molecular formula is C6H13NO3. The average Bonchev–Trinajstić information content (AvgIpc) is 2.05. The molecule has 2 unspecified atom stereocenters. The van der Waals surface area contributed by atoms with Gasteiger partial charge in [-0.1, -0.05) is 0 Å². The summed E-state index contributed by atoms with van der Waals surface area (Å²) in [5.41, 5.74) is 5.49. The summed E-state index contributed by atoms with van der Waals surface area (Å²) in [5.74, 6) is 0. The Labute approximate surface area is 59.9 Å². The Morgan fingerprint density at radius 3 is 2.90 bits per heavy atom. The average molecular weight is 147 g/mol. The Balaban J connectivity index is 2.24. The highest BCUT2D eigenvalue weighted by Gasteiger charge is 2.20. The van der Waals surface area contributed by atoms with Gasteiger partial charge in [0, 0.05) is 0 Å². The van der Waals surface area contributed by atoms with Crippen LogP contribution in [0.15, 0.2) is 0 Å². The van der Waals surface area contributed by atoms with Gasteiger partial charge in [-0.2, -0.15) is 0 Å². The van der Waals surface area contributed by atoms with E-state index in [1.807, 2.05) is 0 Å². The monoisotopic (exact) mass is 147 g/mol. The number of ether oxygens (including phenoxy) is 2. The van der Waals surface area contributed by atoms with E-state index in [9.17, 15) is 0 Å². The molecule has 4 heteroatoms. The first-order chi connectivity index (χ1) is 4.84. The fraction of sp³-hybridized carbons (Fsp3) is 1.00. The van der Waals surface area contributed by atoms with Gasteiger partial charge < -0.3 is 20.3 Å². The van der Waals surface area contributed by atoms with Crippen molar-refractivity contribution in [3.63, 3.8) is 0 Å². The SMILES string of the molecule is NC(CO)C1COCCO1. The molecule has 0 bridgehead atoms. The smallest absolute Gasteiger partial charge is 0.0982 e. The number of hydrogen-bond donors (Lipinski definition) is 2. The molecule has 0 aromatic heterocycles. The molecule has 1 rings (SSSR count). The quantitative estimate of drug-likeness (QED) is 0.510. The van der Waals surface area contributed by atoms with Crippen LogP contribution in [-0.4, -0.2) is 43.7 Å². The molecular weight excluding hydrogens is 134 g/mol. The number of hydrogen-bond acceptors (Lipinski definition) is 4. The largest absolute Gasteiger partial charge is 0.395 e. The zero-order valence-electron chi connectivity index (χ0n) is 5.82. The second kappa shape index (κ2) is 3.88. The minimum absolute atomic E-state index is 0.0476. The number of aliphatic hydroxyl groups excluding tert-OH is 1. The van der Waals surface area contributed by atoms with Crippen LogP contribution in [0.5, 0.6) is 0 Å². The number of nitrogens with two attached hydrogens (primary N) is 1. The molecule has 1 saturated heterocycles. The van der Waals surface area contributed by atoms with Crippen LogP contribution in [0, 0.1) is 0 Å². The van der Waals surface area contributed by atoms with Gasteiger partial charge in [0.05, 0.1) is 38.6 Å². The van der Waals surface area contributed by atoms with Crippen molar-refractivity contribution >= 4 is 0 Å². The van der Waals surface area contributed by atoms with Crippen LogP contribution in [0.1, 0.15) is 0 Å². The molecule has 60 valence electrons. The summed E-state index contributed by atoms with van der Waals surface area (Å²) in [6.45, 7) is 1.67. The highest BCUT2D eigenvalue weighted by atomic mass is 16.6. The van der Waals surface area contributed by atoms with Gasteiger partial charge in [0.1, 0.15) is 0 Å². The van der Waals surface area contributed by atoms with Crippen molar-refractivity contribution in [2.24, 2.45) is 5.73 Å². The van der Waals surface area contributed by atoms with Crippen LogP contribution in [0.4, 0.5) is 0 Å². The summed E-state index contributed by atoms with van der Waals surface area (Å²) in [7, 11) is 0. The van der Waals surface area contributed by atoms with Gasteiger partial charge in [0.25, 0.3) is 0 Å². The Morgan fingerprint density at radius 1 is 1.60 bits per heavy atom. The van der Waals surface area contributed by atoms with E-state index in [0.717, 1.165) is 0 Å². The van der Waals surface area contributed by atoms with E-state index >= 15 is 0 Å². The number of aliphatic hydroxyl groups is 1. The predicted octanol–water partition coefficient (Wildman–Crippen LogP) is -1.28. The summed E-state index contributed by atoms with van der Waals surface area (Å²) >= 11 is 0. The second-order valence-corrected chi connectivity index (χ2v) is 2.33. The molecule has 0 radical (unpaired) electrons. The standard InChI is InChI=1S/C6H13NO3/c7-5(3-8)6-4-9-1-2-10-6/h5-6,8H,1-4,7H2. The van der Waals surface area contributed by atoms with Crippen molar-refractivity contribution in [3.8, 4) is 0 Å². The summed E-state index contributed by atoms with van der Waals surface area (Å²) in [5, 5.41) is 8.63. The van der Waals surface area contributed by atoms with Crippen molar-refractivity contribution in [1.29, 1.82) is 0 Å². The third kappa shape index (κ3) is 1.91. The third-order valence-electron chi connectivity index (χ3n) is 1.53. The van der Waals surface area contributed by atoms with Crippen molar-refractivity contribution in [2.75, 3.05) is 26.4 Å². The molecule has 1 aliphatic heterocycles. The van der Waals surface area contributed by atoms with Gasteiger partial charge in [-0.3, -0.25) is 0 Å². The minimum Gasteiger partial charge on any atom is -0.395 e. The molecule has 0 aromatic rings. The summed E-state index contributed by atoms with van der Waals surface area (Å²) in [6, 6.07) is -0.305. The Bertz CT molecular complexity index is 93.0. The molecule has 2 atom stereocenters. The molecule has 1 fully saturated rings. The van der Waals surface area contributed by atoms with Gasteiger partial charge in [0.2, 0.25) is 0 Å². The lowest BCUT2D eigenvalue weighted by atomic mass is 10.2. The predicted molar refractivity (Wildman–Crippen MR) is 35.6 cm³/mol. The van der Waals surface area contributed by atoms with E-state index < -0.39 is 0 Å². The maximum Gasteiger partial charge on any atom is 0.0982 e. The van der Waals surface area contributed by atoms with Crippen molar-refractivity contribution in [1.82, 2.24) is 0 Å². The third-order valence-corrected chi connectivity index (χ3v) is 1.53. The molecule has 1 aliphatic rings. The molecule has 0 saturated carbocycles. The van der Waals surface area contributed by atoms with E-state index in [1.165, 1.54) is 0 Å². The molecule has 0 aromatic carbocycles. The first kappa shape index (κ1) is 7.94. The Hall–Kier alpha value is -0.160. The fourth-order valence-electron chi connectivity index (χ4n) is 0.871. The van der Waals surface area contributed by atoms with E-state index in [0.29, 0.717) is 19.8 Å². The first-order valence-corrected chi connectivity index (χ1v) is 3.40. The lowest BCUT2D eigenvalue weighted by Crippen LogP contribution is -2.45. The topological polar surface area (TPSA) is 64.7 Å². The van der Waals surface area contributed by atoms with E-state index in [4.69, 9.17) is 20.3 Å². The normalized spacial score (nSPS) is 30.0. The van der Waals surface area contributed by atoms with Crippen molar-refractivity contribution < 1.29 is 14.6 Å². The summed E-state index contributed by atoms with van der Waals surface area (Å²) < 4.78 is 10.3. The lowest BCUT2D eigenvalue weighted by molar-refractivity contribution is -0.102. The van der Waals surface area contributed by atoms with Gasteiger partial charge in [-0.05, 0) is 0 Å². The van der Waals surface area contributed by atoms with Crippen LogP contribution in [-0.2, 0) is 9.47 Å². The zero-order valence-corrected chi connectivity index (χ0v) is 5.82. The molecule has 4 nitrogen and oxygen atoms in total. The highest BCUT2D eigenvalue weighted by molar-refractivity contribution is 4.73. The van der Waals surface area contributed by atoms with Gasteiger partial charge in [0.15, 0.2) is 0 Å². The van der Waals surface area contributed by atoms with Crippen LogP contribution in [0.25, 0.3) is 0 Å². The van der Waals surface area contributed by atoms with Crippen molar-refractivity contribution in [3.05, 3.63) is 0 Å². The van der Waals surface area contributed by atoms with Gasteiger partial charge >= 0.3 is 0 Å². The maximum absolute atomic E-state index is 8.63. The molecule has 0 spiro atoms. The van der Waals surface area contributed by atoms with Crippen LogP contribution in [0.3, 0.4) is 0 Å². The highest BCUT2D eigenvalue weighted by Crippen LogP contribution is 2.02. The van der Waals surface area contributed by atoms with E-state index in [2.05, 4.69) is 0 Å². The molecule has 10 heavy (non-hydrogen) atoms. The van der Waals surface area contributed by atoms with E-state index in [1.54, 1.807) is 0 Å². The lowest BCUT2D eigenvalue weighted by Gasteiger charge is -2.26. The molecule has 1 heterocycles. The van der Waals surface area contributed by atoms with Crippen LogP contribution >= 0.6 is 0 Å². The Kier molecular flexibility index (Phi) is 3.08. The van der Waals surface area contributed by atoms with Gasteiger partial charge in [-0.15, -0.1) is 0 Å². The summed E-state index contributed by atoms with van der Waals surface area (Å²) in [4.78, 5) is 0. The Morgan fingerprint density at radius 2 is 2.40 bits per heavy atom. The first-order valence-electron chi connectivity index (χ1n) is 3.40.